The number of nitrogens with one attached hydrogen (secondary N) is 1. The lowest BCUT2D eigenvalue weighted by molar-refractivity contribution is 0.354. The summed E-state index contributed by atoms with van der Waals surface area (Å²) >= 11 is 12.5. The Morgan fingerprint density at radius 1 is 0.970 bits per heavy atom. The van der Waals surface area contributed by atoms with E-state index in [-0.39, 0.29) is 0 Å². The predicted molar refractivity (Wildman–Crippen MR) is 136 cm³/mol. The summed E-state index contributed by atoms with van der Waals surface area (Å²) in [4.78, 5) is 0. The summed E-state index contributed by atoms with van der Waals surface area (Å²) < 4.78 is 12.9. The Labute approximate surface area is 203 Å². The van der Waals surface area contributed by atoms with Crippen LogP contribution in [-0.4, -0.2) is 25.0 Å². The molecule has 1 aromatic heterocycles. The van der Waals surface area contributed by atoms with Gasteiger partial charge in [0.25, 0.3) is 0 Å². The van der Waals surface area contributed by atoms with Crippen molar-refractivity contribution in [3.63, 3.8) is 0 Å². The SMILES string of the molecule is COc1ccc(CN/N=C/c2c(C)n(Cc3ccc(Cl)cc3Cl)c3ccccc23)cc1OC. The van der Waals surface area contributed by atoms with Crippen LogP contribution in [0.5, 0.6) is 11.5 Å². The molecule has 0 saturated heterocycles. The van der Waals surface area contributed by atoms with Gasteiger partial charge in [-0.3, -0.25) is 0 Å². The van der Waals surface area contributed by atoms with Crippen LogP contribution in [-0.2, 0) is 13.1 Å². The molecule has 1 N–H and O–H groups in total. The maximum absolute atomic E-state index is 6.44. The number of ether oxygens (including phenoxy) is 2. The van der Waals surface area contributed by atoms with Crippen molar-refractivity contribution < 1.29 is 9.47 Å². The lowest BCUT2D eigenvalue weighted by atomic mass is 10.1. The number of aromatic nitrogens is 1. The number of benzene rings is 3. The fourth-order valence-electron chi connectivity index (χ4n) is 3.88. The summed E-state index contributed by atoms with van der Waals surface area (Å²) in [5.41, 5.74) is 8.49. The standard InChI is InChI=1S/C26H25Cl2N3O2/c1-17-22(15-30-29-14-18-8-11-25(32-2)26(12-18)33-3)21-6-4-5-7-24(21)31(17)16-19-9-10-20(27)13-23(19)28/h4-13,15,29H,14,16H2,1-3H3/b30-15+. The van der Waals surface area contributed by atoms with Crippen LogP contribution in [0.4, 0.5) is 0 Å². The Morgan fingerprint density at radius 3 is 2.52 bits per heavy atom. The van der Waals surface area contributed by atoms with Gasteiger partial charge >= 0.3 is 0 Å². The highest BCUT2D eigenvalue weighted by molar-refractivity contribution is 6.35. The van der Waals surface area contributed by atoms with E-state index < -0.39 is 0 Å². The van der Waals surface area contributed by atoms with E-state index in [1.54, 1.807) is 20.3 Å². The Kier molecular flexibility index (Phi) is 7.11. The quantitative estimate of drug-likeness (QED) is 0.232. The molecule has 0 spiro atoms. The molecule has 1 heterocycles. The molecule has 0 unspecified atom stereocenters. The highest BCUT2D eigenvalue weighted by atomic mass is 35.5. The third-order valence-electron chi connectivity index (χ3n) is 5.64. The summed E-state index contributed by atoms with van der Waals surface area (Å²) in [5, 5.41) is 6.92. The molecule has 33 heavy (non-hydrogen) atoms. The number of para-hydroxylation sites is 1. The van der Waals surface area contributed by atoms with Gasteiger partial charge in [-0.1, -0.05) is 53.5 Å². The molecule has 0 atom stereocenters. The van der Waals surface area contributed by atoms with Gasteiger partial charge in [-0.25, -0.2) is 0 Å². The normalized spacial score (nSPS) is 11.3. The van der Waals surface area contributed by atoms with Gasteiger partial charge < -0.3 is 19.5 Å². The minimum absolute atomic E-state index is 0.564. The topological polar surface area (TPSA) is 47.8 Å². The molecular formula is C26H25Cl2N3O2. The monoisotopic (exact) mass is 481 g/mol. The Hall–Kier alpha value is -3.15. The van der Waals surface area contributed by atoms with E-state index in [1.165, 1.54) is 0 Å². The molecule has 4 rings (SSSR count). The summed E-state index contributed by atoms with van der Waals surface area (Å²) in [6.07, 6.45) is 1.87. The second-order valence-corrected chi connectivity index (χ2v) is 8.46. The van der Waals surface area contributed by atoms with E-state index >= 15 is 0 Å². The molecule has 170 valence electrons. The molecule has 0 saturated carbocycles. The maximum Gasteiger partial charge on any atom is 0.161 e. The number of fused-ring (bicyclic) bond motifs is 1. The van der Waals surface area contributed by atoms with Gasteiger partial charge in [-0.05, 0) is 48.4 Å². The fraction of sp³-hybridized carbons (Fsp3) is 0.192. The summed E-state index contributed by atoms with van der Waals surface area (Å²) in [6.45, 7) is 3.31. The van der Waals surface area contributed by atoms with Gasteiger partial charge in [0.1, 0.15) is 0 Å². The molecular weight excluding hydrogens is 457 g/mol. The Bertz CT molecular complexity index is 1310. The first-order valence-electron chi connectivity index (χ1n) is 10.5. The fourth-order valence-corrected chi connectivity index (χ4v) is 4.35. The predicted octanol–water partition coefficient (Wildman–Crippen LogP) is 6.45. The van der Waals surface area contributed by atoms with Crippen molar-refractivity contribution in [2.24, 2.45) is 5.10 Å². The number of nitrogens with zero attached hydrogens (tertiary/aromatic N) is 2. The first-order valence-corrected chi connectivity index (χ1v) is 11.3. The van der Waals surface area contributed by atoms with E-state index in [0.29, 0.717) is 34.6 Å². The molecule has 0 amide bonds. The summed E-state index contributed by atoms with van der Waals surface area (Å²) in [7, 11) is 3.25. The van der Waals surface area contributed by atoms with Crippen LogP contribution in [0.2, 0.25) is 10.0 Å². The lowest BCUT2D eigenvalue weighted by Crippen LogP contribution is -2.07. The summed E-state index contributed by atoms with van der Waals surface area (Å²) in [6, 6.07) is 19.7. The van der Waals surface area contributed by atoms with Crippen LogP contribution in [0.25, 0.3) is 10.9 Å². The molecule has 7 heteroatoms. The number of rotatable bonds is 8. The smallest absolute Gasteiger partial charge is 0.161 e. The van der Waals surface area contributed by atoms with E-state index in [0.717, 1.165) is 33.3 Å². The van der Waals surface area contributed by atoms with Crippen LogP contribution in [0, 0.1) is 6.92 Å². The molecule has 4 aromatic rings. The van der Waals surface area contributed by atoms with Crippen LogP contribution in [0.1, 0.15) is 22.4 Å². The highest BCUT2D eigenvalue weighted by Gasteiger charge is 2.14. The van der Waals surface area contributed by atoms with Crippen LogP contribution in [0.15, 0.2) is 65.8 Å². The maximum atomic E-state index is 6.44. The molecule has 0 aliphatic carbocycles. The van der Waals surface area contributed by atoms with E-state index in [9.17, 15) is 0 Å². The Balaban J connectivity index is 1.57. The first-order chi connectivity index (χ1) is 16.0. The van der Waals surface area contributed by atoms with Crippen molar-refractivity contribution in [1.82, 2.24) is 9.99 Å². The van der Waals surface area contributed by atoms with Crippen LogP contribution >= 0.6 is 23.2 Å². The first kappa shape index (κ1) is 23.0. The number of hydrazone groups is 1. The van der Waals surface area contributed by atoms with Gasteiger partial charge in [-0.2, -0.15) is 5.10 Å². The zero-order valence-electron chi connectivity index (χ0n) is 18.7. The molecule has 0 radical (unpaired) electrons. The van der Waals surface area contributed by atoms with Crippen molar-refractivity contribution in [3.05, 3.63) is 93.1 Å². The average Bonchev–Trinajstić information content (AvgIpc) is 3.09. The molecule has 0 bridgehead atoms. The van der Waals surface area contributed by atoms with Crippen LogP contribution in [0.3, 0.4) is 0 Å². The average molecular weight is 482 g/mol. The molecule has 0 aliphatic rings. The molecule has 5 nitrogen and oxygen atoms in total. The number of hydrogen-bond donors (Lipinski definition) is 1. The second-order valence-electron chi connectivity index (χ2n) is 7.62. The zero-order valence-corrected chi connectivity index (χ0v) is 20.2. The number of halogens is 2. The van der Waals surface area contributed by atoms with Gasteiger partial charge in [0.15, 0.2) is 11.5 Å². The molecule has 0 aliphatic heterocycles. The zero-order chi connectivity index (χ0) is 23.4. The van der Waals surface area contributed by atoms with Crippen molar-refractivity contribution in [2.45, 2.75) is 20.0 Å². The van der Waals surface area contributed by atoms with Gasteiger partial charge in [-0.15, -0.1) is 0 Å². The second kappa shape index (κ2) is 10.2. The summed E-state index contributed by atoms with van der Waals surface area (Å²) in [5.74, 6) is 1.40. The van der Waals surface area contributed by atoms with Gasteiger partial charge in [0.05, 0.1) is 27.0 Å². The largest absolute Gasteiger partial charge is 0.493 e. The van der Waals surface area contributed by atoms with E-state index in [2.05, 4.69) is 34.2 Å². The van der Waals surface area contributed by atoms with Gasteiger partial charge in [0.2, 0.25) is 0 Å². The third kappa shape index (κ3) is 4.95. The molecule has 0 fully saturated rings. The van der Waals surface area contributed by atoms with Crippen LogP contribution < -0.4 is 14.9 Å². The Morgan fingerprint density at radius 2 is 1.76 bits per heavy atom. The third-order valence-corrected chi connectivity index (χ3v) is 6.23. The van der Waals surface area contributed by atoms with Crippen molar-refractivity contribution in [3.8, 4) is 11.5 Å². The van der Waals surface area contributed by atoms with Crippen molar-refractivity contribution in [2.75, 3.05) is 14.2 Å². The molecule has 3 aromatic carbocycles. The van der Waals surface area contributed by atoms with Crippen molar-refractivity contribution in [1.29, 1.82) is 0 Å². The highest BCUT2D eigenvalue weighted by Crippen LogP contribution is 2.29. The van der Waals surface area contributed by atoms with E-state index in [1.807, 2.05) is 48.7 Å². The lowest BCUT2D eigenvalue weighted by Gasteiger charge is -2.10. The van der Waals surface area contributed by atoms with Crippen molar-refractivity contribution >= 4 is 40.3 Å². The van der Waals surface area contributed by atoms with Gasteiger partial charge in [0, 0.05) is 38.8 Å². The minimum atomic E-state index is 0.564. The van der Waals surface area contributed by atoms with E-state index in [4.69, 9.17) is 32.7 Å². The minimum Gasteiger partial charge on any atom is -0.493 e. The number of hydrogen-bond acceptors (Lipinski definition) is 4. The number of methoxy groups -OCH3 is 2.